The molecule has 2 aliphatic heterocycles. The van der Waals surface area contributed by atoms with Gasteiger partial charge in [0.25, 0.3) is 11.8 Å². The Kier molecular flexibility index (Phi) is 4.67. The summed E-state index contributed by atoms with van der Waals surface area (Å²) in [5.74, 6) is -1.15. The molecule has 2 aromatic rings. The first kappa shape index (κ1) is 18.3. The summed E-state index contributed by atoms with van der Waals surface area (Å²) in [6.07, 6.45) is -3.92. The minimum absolute atomic E-state index is 0.0953. The fourth-order valence-corrected chi connectivity index (χ4v) is 3.39. The van der Waals surface area contributed by atoms with E-state index in [9.17, 15) is 23.5 Å². The number of nitrogens with zero attached hydrogens (tertiary/aromatic N) is 4. The molecule has 1 atom stereocenters. The van der Waals surface area contributed by atoms with Crippen LogP contribution in [0.1, 0.15) is 28.2 Å². The topological polar surface area (TPSA) is 109 Å². The number of alkyl halides is 2. The van der Waals surface area contributed by atoms with Crippen molar-refractivity contribution >= 4 is 12.0 Å². The fraction of sp³-hybridized carbons (Fsp3) is 0.412. The molecule has 148 valence electrons. The Morgan fingerprint density at radius 3 is 2.89 bits per heavy atom. The molecule has 1 fully saturated rings. The lowest BCUT2D eigenvalue weighted by Gasteiger charge is -2.35. The highest BCUT2D eigenvalue weighted by Gasteiger charge is 2.34. The monoisotopic (exact) mass is 394 g/mol. The number of hydrogen-bond donors (Lipinski definition) is 1. The third kappa shape index (κ3) is 3.28. The third-order valence-corrected chi connectivity index (χ3v) is 4.77. The zero-order valence-corrected chi connectivity index (χ0v) is 14.5. The van der Waals surface area contributed by atoms with Crippen LogP contribution in [-0.4, -0.2) is 69.4 Å². The Morgan fingerprint density at radius 1 is 1.36 bits per heavy atom. The predicted octanol–water partition coefficient (Wildman–Crippen LogP) is 2.01. The van der Waals surface area contributed by atoms with Gasteiger partial charge in [-0.15, -0.1) is 10.2 Å². The SMILES string of the molecule is O=C1c2cc(-c3nnc(C(F)F)o3)ccc2CN1C[C@H]1COCCN1C(=O)O. The number of hydrogen-bond acceptors (Lipinski definition) is 6. The van der Waals surface area contributed by atoms with E-state index >= 15 is 0 Å². The van der Waals surface area contributed by atoms with Gasteiger partial charge in [0.05, 0.1) is 19.3 Å². The van der Waals surface area contributed by atoms with Crippen LogP contribution in [0.25, 0.3) is 11.5 Å². The summed E-state index contributed by atoms with van der Waals surface area (Å²) in [6.45, 7) is 1.32. The lowest BCUT2D eigenvalue weighted by molar-refractivity contribution is -0.0101. The second-order valence-electron chi connectivity index (χ2n) is 6.51. The standard InChI is InChI=1S/C17H16F2N4O5/c18-13(19)15-21-20-14(28-15)9-1-2-10-6-22(16(24)12(10)5-9)7-11-8-27-4-3-23(11)17(25)26/h1-2,5,11,13H,3-4,6-8H2,(H,25,26)/t11-/m0/s1. The smallest absolute Gasteiger partial charge is 0.407 e. The molecule has 0 spiro atoms. The summed E-state index contributed by atoms with van der Waals surface area (Å²) >= 11 is 0. The van der Waals surface area contributed by atoms with E-state index in [1.165, 1.54) is 11.0 Å². The third-order valence-electron chi connectivity index (χ3n) is 4.77. The van der Waals surface area contributed by atoms with Crippen LogP contribution in [0.15, 0.2) is 22.6 Å². The molecule has 9 nitrogen and oxygen atoms in total. The summed E-state index contributed by atoms with van der Waals surface area (Å²) < 4.78 is 35.5. The Hall–Kier alpha value is -3.08. The van der Waals surface area contributed by atoms with E-state index in [0.29, 0.717) is 24.3 Å². The van der Waals surface area contributed by atoms with Gasteiger partial charge in [-0.3, -0.25) is 9.69 Å². The summed E-state index contributed by atoms with van der Waals surface area (Å²) in [7, 11) is 0. The molecular weight excluding hydrogens is 378 g/mol. The first-order valence-corrected chi connectivity index (χ1v) is 8.55. The molecule has 11 heteroatoms. The van der Waals surface area contributed by atoms with Crippen molar-refractivity contribution in [2.75, 3.05) is 26.3 Å². The number of aromatic nitrogens is 2. The molecule has 0 saturated carbocycles. The van der Waals surface area contributed by atoms with Gasteiger partial charge in [-0.1, -0.05) is 6.07 Å². The maximum absolute atomic E-state index is 12.8. The lowest BCUT2D eigenvalue weighted by Crippen LogP contribution is -2.53. The highest BCUT2D eigenvalue weighted by atomic mass is 19.3. The number of carbonyl (C=O) groups is 2. The molecule has 4 rings (SSSR count). The Labute approximate surface area is 157 Å². The number of morpholine rings is 1. The second kappa shape index (κ2) is 7.15. The van der Waals surface area contributed by atoms with Crippen molar-refractivity contribution in [1.29, 1.82) is 0 Å². The van der Waals surface area contributed by atoms with Crippen LogP contribution in [0.4, 0.5) is 13.6 Å². The van der Waals surface area contributed by atoms with Gasteiger partial charge in [-0.25, -0.2) is 4.79 Å². The van der Waals surface area contributed by atoms with Crippen molar-refractivity contribution in [1.82, 2.24) is 20.0 Å². The quantitative estimate of drug-likeness (QED) is 0.845. The van der Waals surface area contributed by atoms with Crippen molar-refractivity contribution in [3.8, 4) is 11.5 Å². The number of benzene rings is 1. The minimum Gasteiger partial charge on any atom is -0.465 e. The number of carbonyl (C=O) groups excluding carboxylic acids is 1. The molecule has 0 radical (unpaired) electrons. The number of halogens is 2. The molecule has 0 aliphatic carbocycles. The molecule has 1 saturated heterocycles. The van der Waals surface area contributed by atoms with Crippen molar-refractivity contribution in [2.45, 2.75) is 19.0 Å². The van der Waals surface area contributed by atoms with E-state index in [1.54, 1.807) is 17.0 Å². The number of fused-ring (bicyclic) bond motifs is 1. The number of amides is 2. The predicted molar refractivity (Wildman–Crippen MR) is 88.8 cm³/mol. The summed E-state index contributed by atoms with van der Waals surface area (Å²) in [4.78, 5) is 27.0. The maximum atomic E-state index is 12.8. The van der Waals surface area contributed by atoms with Crippen molar-refractivity contribution in [3.05, 3.63) is 35.2 Å². The average molecular weight is 394 g/mol. The van der Waals surface area contributed by atoms with E-state index in [2.05, 4.69) is 10.2 Å². The van der Waals surface area contributed by atoms with Gasteiger partial charge >= 0.3 is 12.5 Å². The first-order chi connectivity index (χ1) is 13.4. The van der Waals surface area contributed by atoms with Gasteiger partial charge < -0.3 is 19.2 Å². The molecule has 1 N–H and O–H groups in total. The van der Waals surface area contributed by atoms with Crippen LogP contribution in [0.2, 0.25) is 0 Å². The van der Waals surface area contributed by atoms with Crippen LogP contribution < -0.4 is 0 Å². The molecule has 1 aromatic heterocycles. The van der Waals surface area contributed by atoms with E-state index in [4.69, 9.17) is 9.15 Å². The molecular formula is C17H16F2N4O5. The minimum atomic E-state index is -2.87. The van der Waals surface area contributed by atoms with Gasteiger partial charge in [-0.05, 0) is 17.7 Å². The normalized spacial score (nSPS) is 19.4. The molecule has 3 heterocycles. The molecule has 0 bridgehead atoms. The van der Waals surface area contributed by atoms with E-state index in [0.717, 1.165) is 5.56 Å². The van der Waals surface area contributed by atoms with Gasteiger partial charge in [0.15, 0.2) is 0 Å². The van der Waals surface area contributed by atoms with Crippen LogP contribution in [0.3, 0.4) is 0 Å². The molecule has 28 heavy (non-hydrogen) atoms. The van der Waals surface area contributed by atoms with Crippen LogP contribution >= 0.6 is 0 Å². The molecule has 0 unspecified atom stereocenters. The number of ether oxygens (including phenoxy) is 1. The van der Waals surface area contributed by atoms with Crippen LogP contribution in [0, 0.1) is 0 Å². The number of rotatable bonds is 4. The Bertz CT molecular complexity index is 919. The molecule has 2 amide bonds. The zero-order chi connectivity index (χ0) is 19.8. The van der Waals surface area contributed by atoms with Gasteiger partial charge in [0.1, 0.15) is 0 Å². The summed E-state index contributed by atoms with van der Waals surface area (Å²) in [5, 5.41) is 16.2. The van der Waals surface area contributed by atoms with Crippen LogP contribution in [0.5, 0.6) is 0 Å². The van der Waals surface area contributed by atoms with Crippen molar-refractivity contribution in [2.24, 2.45) is 0 Å². The first-order valence-electron chi connectivity index (χ1n) is 8.55. The maximum Gasteiger partial charge on any atom is 0.407 e. The van der Waals surface area contributed by atoms with E-state index < -0.39 is 24.5 Å². The zero-order valence-electron chi connectivity index (χ0n) is 14.5. The summed E-state index contributed by atoms with van der Waals surface area (Å²) in [5.41, 5.74) is 1.51. The second-order valence-corrected chi connectivity index (χ2v) is 6.51. The lowest BCUT2D eigenvalue weighted by atomic mass is 10.1. The van der Waals surface area contributed by atoms with Crippen molar-refractivity contribution in [3.63, 3.8) is 0 Å². The fourth-order valence-electron chi connectivity index (χ4n) is 3.39. The Balaban J connectivity index is 1.52. The van der Waals surface area contributed by atoms with E-state index in [1.807, 2.05) is 0 Å². The largest absolute Gasteiger partial charge is 0.465 e. The van der Waals surface area contributed by atoms with Gasteiger partial charge in [-0.2, -0.15) is 8.78 Å². The Morgan fingerprint density at radius 2 is 2.18 bits per heavy atom. The highest BCUT2D eigenvalue weighted by molar-refractivity contribution is 5.99. The summed E-state index contributed by atoms with van der Waals surface area (Å²) in [6, 6.07) is 4.38. The molecule has 2 aliphatic rings. The average Bonchev–Trinajstić information content (AvgIpc) is 3.28. The number of carboxylic acid groups (broad SMARTS) is 1. The van der Waals surface area contributed by atoms with Gasteiger partial charge in [0.2, 0.25) is 5.89 Å². The highest BCUT2D eigenvalue weighted by Crippen LogP contribution is 2.30. The van der Waals surface area contributed by atoms with Crippen molar-refractivity contribution < 1.29 is 32.6 Å². The van der Waals surface area contributed by atoms with E-state index in [-0.39, 0.29) is 31.5 Å². The van der Waals surface area contributed by atoms with Crippen LogP contribution in [-0.2, 0) is 11.3 Å². The molecule has 1 aromatic carbocycles. The van der Waals surface area contributed by atoms with Gasteiger partial charge in [0, 0.05) is 30.8 Å².